The van der Waals surface area contributed by atoms with E-state index in [0.717, 1.165) is 43.6 Å². The Morgan fingerprint density at radius 1 is 0.977 bits per heavy atom. The summed E-state index contributed by atoms with van der Waals surface area (Å²) in [5.74, 6) is 0.517. The van der Waals surface area contributed by atoms with Crippen LogP contribution in [0.5, 0.6) is 5.75 Å². The highest BCUT2D eigenvalue weighted by molar-refractivity contribution is 5.87. The predicted molar refractivity (Wildman–Crippen MR) is 167 cm³/mol. The zero-order valence-electron chi connectivity index (χ0n) is 24.6. The minimum absolute atomic E-state index is 0.0648. The molecular weight excluding hydrogens is 544 g/mol. The summed E-state index contributed by atoms with van der Waals surface area (Å²) >= 11 is 0. The highest BCUT2D eigenvalue weighted by Gasteiger charge is 2.24. The molecule has 4 rings (SSSR count). The topological polar surface area (TPSA) is 97.3 Å². The zero-order chi connectivity index (χ0) is 30.3. The van der Waals surface area contributed by atoms with Crippen molar-refractivity contribution in [2.45, 2.75) is 31.5 Å². The normalized spacial score (nSPS) is 14.4. The fourth-order valence-electron chi connectivity index (χ4n) is 5.09. The van der Waals surface area contributed by atoms with E-state index in [-0.39, 0.29) is 24.7 Å². The third-order valence-electron chi connectivity index (χ3n) is 7.35. The second-order valence-electron chi connectivity index (χ2n) is 10.3. The number of likely N-dealkylation sites (tertiary alicyclic amines) is 1. The highest BCUT2D eigenvalue weighted by Crippen LogP contribution is 2.30. The van der Waals surface area contributed by atoms with Gasteiger partial charge in [0, 0.05) is 38.7 Å². The number of rotatable bonds is 14. The third kappa shape index (κ3) is 10.4. The van der Waals surface area contributed by atoms with Crippen LogP contribution in [0.1, 0.15) is 41.2 Å². The molecule has 1 heterocycles. The lowest BCUT2D eigenvalue weighted by Crippen LogP contribution is -2.41. The Labute approximate surface area is 253 Å². The maximum atomic E-state index is 12.3. The predicted octanol–water partition coefficient (Wildman–Crippen LogP) is 5.89. The van der Waals surface area contributed by atoms with Gasteiger partial charge in [-0.05, 0) is 41.2 Å². The van der Waals surface area contributed by atoms with Crippen LogP contribution < -0.4 is 10.1 Å². The van der Waals surface area contributed by atoms with Gasteiger partial charge in [0.2, 0.25) is 5.91 Å². The Kier molecular flexibility index (Phi) is 12.4. The summed E-state index contributed by atoms with van der Waals surface area (Å²) in [6.45, 7) is 3.32. The maximum absolute atomic E-state index is 12.3. The molecule has 1 fully saturated rings. The summed E-state index contributed by atoms with van der Waals surface area (Å²) in [6.07, 6.45) is 8.03. The molecule has 0 spiro atoms. The fourth-order valence-corrected chi connectivity index (χ4v) is 5.09. The summed E-state index contributed by atoms with van der Waals surface area (Å²) < 4.78 is 16.6. The van der Waals surface area contributed by atoms with Gasteiger partial charge in [-0.15, -0.1) is 0 Å². The third-order valence-corrected chi connectivity index (χ3v) is 7.35. The maximum Gasteiger partial charge on any atom is 0.505 e. The molecule has 43 heavy (non-hydrogen) atoms. The first kappa shape index (κ1) is 31.5. The SMILES string of the molecule is COc1cc(/C=C/C=C/C(=O)NCCN2CCC(OC(c3ccccc3)c3ccccc3)CC2)ccc1CCOC(=O)O. The van der Waals surface area contributed by atoms with Crippen LogP contribution in [0.2, 0.25) is 0 Å². The van der Waals surface area contributed by atoms with Gasteiger partial charge in [0.05, 0.1) is 19.8 Å². The molecule has 0 atom stereocenters. The summed E-state index contributed by atoms with van der Waals surface area (Å²) in [7, 11) is 1.57. The molecule has 2 N–H and O–H groups in total. The first-order valence-corrected chi connectivity index (χ1v) is 14.6. The van der Waals surface area contributed by atoms with Crippen LogP contribution in [0.4, 0.5) is 4.79 Å². The van der Waals surface area contributed by atoms with Crippen LogP contribution in [0, 0.1) is 0 Å². The van der Waals surface area contributed by atoms with E-state index in [1.165, 1.54) is 17.2 Å². The minimum Gasteiger partial charge on any atom is -0.496 e. The number of carbonyl (C=O) groups is 2. The molecule has 8 heteroatoms. The molecule has 0 aliphatic carbocycles. The first-order chi connectivity index (χ1) is 21.0. The number of nitrogens with one attached hydrogen (secondary N) is 1. The molecule has 3 aromatic rings. The number of benzene rings is 3. The van der Waals surface area contributed by atoms with Crippen molar-refractivity contribution in [1.29, 1.82) is 0 Å². The number of carboxylic acid groups (broad SMARTS) is 1. The molecular formula is C35H40N2O6. The van der Waals surface area contributed by atoms with Crippen molar-refractivity contribution in [2.75, 3.05) is 39.9 Å². The van der Waals surface area contributed by atoms with Gasteiger partial charge >= 0.3 is 6.16 Å². The second kappa shape index (κ2) is 16.9. The van der Waals surface area contributed by atoms with Gasteiger partial charge in [-0.3, -0.25) is 4.79 Å². The van der Waals surface area contributed by atoms with E-state index in [9.17, 15) is 9.59 Å². The molecule has 1 amide bonds. The van der Waals surface area contributed by atoms with E-state index in [0.29, 0.717) is 18.7 Å². The number of piperidine rings is 1. The quantitative estimate of drug-likeness (QED) is 0.139. The number of allylic oxidation sites excluding steroid dienone is 2. The van der Waals surface area contributed by atoms with E-state index in [2.05, 4.69) is 63.5 Å². The van der Waals surface area contributed by atoms with E-state index < -0.39 is 6.16 Å². The minimum atomic E-state index is -1.29. The number of nitrogens with zero attached hydrogens (tertiary/aromatic N) is 1. The average molecular weight is 585 g/mol. The summed E-state index contributed by atoms with van der Waals surface area (Å²) in [4.78, 5) is 25.2. The molecule has 0 unspecified atom stereocenters. The van der Waals surface area contributed by atoms with Gasteiger partial charge in [0.25, 0.3) is 0 Å². The van der Waals surface area contributed by atoms with Crippen molar-refractivity contribution in [1.82, 2.24) is 10.2 Å². The number of carbonyl (C=O) groups excluding carboxylic acids is 1. The Morgan fingerprint density at radius 3 is 2.28 bits per heavy atom. The lowest BCUT2D eigenvalue weighted by Gasteiger charge is -2.34. The molecule has 0 aromatic heterocycles. The van der Waals surface area contributed by atoms with E-state index in [1.54, 1.807) is 19.3 Å². The van der Waals surface area contributed by atoms with Gasteiger partial charge in [0.1, 0.15) is 11.9 Å². The molecule has 226 valence electrons. The number of hydrogen-bond donors (Lipinski definition) is 2. The van der Waals surface area contributed by atoms with Gasteiger partial charge in [-0.1, -0.05) is 91.0 Å². The smallest absolute Gasteiger partial charge is 0.496 e. The zero-order valence-corrected chi connectivity index (χ0v) is 24.6. The van der Waals surface area contributed by atoms with Gasteiger partial charge in [-0.2, -0.15) is 0 Å². The lowest BCUT2D eigenvalue weighted by molar-refractivity contribution is -0.116. The Hall–Kier alpha value is -4.40. The molecule has 0 radical (unpaired) electrons. The molecule has 1 saturated heterocycles. The van der Waals surface area contributed by atoms with Crippen molar-refractivity contribution >= 4 is 18.1 Å². The van der Waals surface area contributed by atoms with E-state index in [1.807, 2.05) is 36.4 Å². The van der Waals surface area contributed by atoms with E-state index in [4.69, 9.17) is 14.6 Å². The van der Waals surface area contributed by atoms with Crippen LogP contribution in [-0.4, -0.2) is 68.1 Å². The number of hydrogen-bond acceptors (Lipinski definition) is 6. The van der Waals surface area contributed by atoms with Crippen LogP contribution in [-0.2, 0) is 20.7 Å². The van der Waals surface area contributed by atoms with Crippen molar-refractivity contribution in [3.63, 3.8) is 0 Å². The van der Waals surface area contributed by atoms with Gasteiger partial charge in [0.15, 0.2) is 0 Å². The highest BCUT2D eigenvalue weighted by atomic mass is 16.7. The fraction of sp³-hybridized carbons (Fsp3) is 0.314. The Morgan fingerprint density at radius 2 is 1.65 bits per heavy atom. The van der Waals surface area contributed by atoms with Crippen LogP contribution in [0.25, 0.3) is 6.08 Å². The molecule has 3 aromatic carbocycles. The monoisotopic (exact) mass is 584 g/mol. The Bertz CT molecular complexity index is 1310. The van der Waals surface area contributed by atoms with Crippen LogP contribution >= 0.6 is 0 Å². The van der Waals surface area contributed by atoms with Gasteiger partial charge < -0.3 is 29.5 Å². The van der Waals surface area contributed by atoms with Crippen molar-refractivity contribution in [2.24, 2.45) is 0 Å². The second-order valence-corrected chi connectivity index (χ2v) is 10.3. The molecule has 8 nitrogen and oxygen atoms in total. The van der Waals surface area contributed by atoms with Crippen molar-refractivity contribution in [3.05, 3.63) is 119 Å². The molecule has 1 aliphatic heterocycles. The molecule has 1 aliphatic rings. The van der Waals surface area contributed by atoms with Crippen LogP contribution in [0.3, 0.4) is 0 Å². The van der Waals surface area contributed by atoms with E-state index >= 15 is 0 Å². The largest absolute Gasteiger partial charge is 0.505 e. The first-order valence-electron chi connectivity index (χ1n) is 14.6. The van der Waals surface area contributed by atoms with Crippen molar-refractivity contribution in [3.8, 4) is 5.75 Å². The Balaban J connectivity index is 1.16. The summed E-state index contributed by atoms with van der Waals surface area (Å²) in [6, 6.07) is 26.4. The number of methoxy groups -OCH3 is 1. The summed E-state index contributed by atoms with van der Waals surface area (Å²) in [5, 5.41) is 11.6. The standard InChI is InChI=1S/C35H40N2O6/c1-41-32-26-27(16-17-28(32)20-25-42-35(39)40)10-8-9-15-33(38)36-21-24-37-22-18-31(19-23-37)43-34(29-11-4-2-5-12-29)30-13-6-3-7-14-30/h2-17,26,31,34H,18-25H2,1H3,(H,36,38)(H,39,40)/b10-8+,15-9+. The summed E-state index contributed by atoms with van der Waals surface area (Å²) in [5.41, 5.74) is 4.09. The number of amides is 1. The number of ether oxygens (including phenoxy) is 3. The van der Waals surface area contributed by atoms with Crippen LogP contribution in [0.15, 0.2) is 97.1 Å². The lowest BCUT2D eigenvalue weighted by atomic mass is 10.00. The van der Waals surface area contributed by atoms with Crippen molar-refractivity contribution < 1.29 is 28.9 Å². The van der Waals surface area contributed by atoms with Gasteiger partial charge in [-0.25, -0.2) is 4.79 Å². The molecule has 0 bridgehead atoms. The average Bonchev–Trinajstić information content (AvgIpc) is 3.03. The molecule has 0 saturated carbocycles.